The van der Waals surface area contributed by atoms with Crippen LogP contribution < -0.4 is 5.32 Å². The van der Waals surface area contributed by atoms with Crippen LogP contribution in [-0.4, -0.2) is 11.9 Å². The van der Waals surface area contributed by atoms with Gasteiger partial charge in [-0.15, -0.1) is 0 Å². The third kappa shape index (κ3) is 2.46. The molecule has 3 saturated carbocycles. The Morgan fingerprint density at radius 1 is 0.900 bits per heavy atom. The molecule has 0 unspecified atom stereocenters. The molecule has 3 aliphatic carbocycles. The van der Waals surface area contributed by atoms with Crippen molar-refractivity contribution in [1.29, 1.82) is 0 Å². The molecular weight excluding hydrogens is 366 g/mol. The van der Waals surface area contributed by atoms with Crippen LogP contribution in [0.25, 0.3) is 10.8 Å². The second-order valence-corrected chi connectivity index (χ2v) is 11.0. The highest BCUT2D eigenvalue weighted by Crippen LogP contribution is 2.67. The monoisotopic (exact) mass is 399 g/mol. The van der Waals surface area contributed by atoms with Gasteiger partial charge in [0.2, 0.25) is 5.91 Å². The van der Waals surface area contributed by atoms with E-state index in [2.05, 4.69) is 67.7 Å². The van der Waals surface area contributed by atoms with Crippen LogP contribution in [0.1, 0.15) is 63.9 Å². The lowest BCUT2D eigenvalue weighted by molar-refractivity contribution is -0.122. The zero-order valence-corrected chi connectivity index (χ0v) is 18.2. The molecule has 0 saturated heterocycles. The normalized spacial score (nSPS) is 42.3. The highest BCUT2D eigenvalue weighted by molar-refractivity contribution is 5.89. The molecule has 0 bridgehead atoms. The van der Waals surface area contributed by atoms with Gasteiger partial charge in [0.05, 0.1) is 0 Å². The minimum atomic E-state index is 0.105. The Kier molecular flexibility index (Phi) is 4.01. The number of rotatable bonds is 1. The van der Waals surface area contributed by atoms with Crippen molar-refractivity contribution < 1.29 is 4.79 Å². The van der Waals surface area contributed by atoms with Gasteiger partial charge < -0.3 is 5.32 Å². The Morgan fingerprint density at radius 3 is 2.63 bits per heavy atom. The first kappa shape index (κ1) is 18.7. The molecule has 1 amide bonds. The van der Waals surface area contributed by atoms with Gasteiger partial charge in [0.15, 0.2) is 0 Å². The molecule has 1 heterocycles. The molecule has 4 aliphatic rings. The summed E-state index contributed by atoms with van der Waals surface area (Å²) in [4.78, 5) is 12.0. The Bertz CT molecular complexity index is 1030. The van der Waals surface area contributed by atoms with Crippen LogP contribution in [0.3, 0.4) is 0 Å². The van der Waals surface area contributed by atoms with Gasteiger partial charge in [-0.05, 0) is 90.0 Å². The quantitative estimate of drug-likeness (QED) is 0.606. The molecule has 1 N–H and O–H groups in total. The largest absolute Gasteiger partial charge is 0.349 e. The summed E-state index contributed by atoms with van der Waals surface area (Å²) in [6.45, 7) is 5.03. The second kappa shape index (κ2) is 6.45. The maximum atomic E-state index is 12.0. The molecule has 2 nitrogen and oxygen atoms in total. The van der Waals surface area contributed by atoms with Gasteiger partial charge in [-0.2, -0.15) is 0 Å². The van der Waals surface area contributed by atoms with Crippen LogP contribution in [0.4, 0.5) is 0 Å². The number of fused-ring (bicyclic) bond motifs is 6. The topological polar surface area (TPSA) is 29.1 Å². The molecule has 0 radical (unpaired) electrons. The summed E-state index contributed by atoms with van der Waals surface area (Å²) in [6, 6.07) is 16.2. The van der Waals surface area contributed by atoms with Crippen molar-refractivity contribution in [2.75, 3.05) is 0 Å². The van der Waals surface area contributed by atoms with Gasteiger partial charge in [0, 0.05) is 11.5 Å². The lowest BCUT2D eigenvalue weighted by Crippen LogP contribution is -2.59. The zero-order valence-electron chi connectivity index (χ0n) is 18.2. The highest BCUT2D eigenvalue weighted by atomic mass is 16.1. The third-order valence-corrected chi connectivity index (χ3v) is 9.88. The number of carbonyl (C=O) groups excluding carboxylic acids is 1. The van der Waals surface area contributed by atoms with E-state index in [1.54, 1.807) is 11.6 Å². The summed E-state index contributed by atoms with van der Waals surface area (Å²) in [5, 5.41) is 6.13. The van der Waals surface area contributed by atoms with Crippen LogP contribution in [0.15, 0.2) is 54.6 Å². The Balaban J connectivity index is 1.37. The van der Waals surface area contributed by atoms with Crippen molar-refractivity contribution in [3.8, 4) is 0 Å². The van der Waals surface area contributed by atoms with Gasteiger partial charge in [-0.1, -0.05) is 62.4 Å². The minimum absolute atomic E-state index is 0.105. The number of benzene rings is 2. The van der Waals surface area contributed by atoms with Crippen molar-refractivity contribution in [3.05, 3.63) is 60.2 Å². The summed E-state index contributed by atoms with van der Waals surface area (Å²) in [7, 11) is 0. The molecule has 0 spiro atoms. The predicted octanol–water partition coefficient (Wildman–Crippen LogP) is 6.22. The van der Waals surface area contributed by atoms with Crippen molar-refractivity contribution in [1.82, 2.24) is 5.32 Å². The van der Waals surface area contributed by atoms with E-state index in [4.69, 9.17) is 0 Å². The van der Waals surface area contributed by atoms with E-state index in [1.807, 2.05) is 0 Å². The predicted molar refractivity (Wildman–Crippen MR) is 122 cm³/mol. The van der Waals surface area contributed by atoms with E-state index in [-0.39, 0.29) is 11.3 Å². The molecule has 156 valence electrons. The van der Waals surface area contributed by atoms with E-state index in [1.165, 1.54) is 42.9 Å². The molecule has 7 atom stereocenters. The summed E-state index contributed by atoms with van der Waals surface area (Å²) >= 11 is 0. The maximum absolute atomic E-state index is 12.0. The zero-order chi connectivity index (χ0) is 20.5. The first-order valence-corrected chi connectivity index (χ1v) is 12.0. The van der Waals surface area contributed by atoms with Crippen molar-refractivity contribution in [2.24, 2.45) is 28.6 Å². The smallest absolute Gasteiger partial charge is 0.243 e. The van der Waals surface area contributed by atoms with E-state index in [0.717, 1.165) is 18.3 Å². The summed E-state index contributed by atoms with van der Waals surface area (Å²) in [5.74, 6) is 3.08. The fourth-order valence-electron chi connectivity index (χ4n) is 8.40. The lowest BCUT2D eigenvalue weighted by atomic mass is 9.47. The molecular formula is C28H33NO. The number of carbonyl (C=O) groups is 1. The maximum Gasteiger partial charge on any atom is 0.243 e. The van der Waals surface area contributed by atoms with E-state index >= 15 is 0 Å². The molecule has 2 heteroatoms. The van der Waals surface area contributed by atoms with E-state index < -0.39 is 0 Å². The third-order valence-electron chi connectivity index (χ3n) is 9.88. The number of amides is 1. The highest BCUT2D eigenvalue weighted by Gasteiger charge is 2.59. The van der Waals surface area contributed by atoms with Gasteiger partial charge in [-0.25, -0.2) is 0 Å². The van der Waals surface area contributed by atoms with Crippen molar-refractivity contribution in [2.45, 2.75) is 64.3 Å². The SMILES string of the molecule is C[C@]12C=CC(=O)N[C@@H]1CC[C@@H]1[C@@H]2CC[C@]2(C)[C@@H](c3cccc4ccccc34)CC[C@@H]12. The number of nitrogens with one attached hydrogen (secondary N) is 1. The molecule has 1 aliphatic heterocycles. The molecule has 0 aromatic heterocycles. The lowest BCUT2D eigenvalue weighted by Gasteiger charge is -2.59. The Morgan fingerprint density at radius 2 is 1.73 bits per heavy atom. The Hall–Kier alpha value is -2.09. The van der Waals surface area contributed by atoms with Crippen molar-refractivity contribution >= 4 is 16.7 Å². The van der Waals surface area contributed by atoms with Gasteiger partial charge in [-0.3, -0.25) is 4.79 Å². The first-order chi connectivity index (χ1) is 14.5. The summed E-state index contributed by atoms with van der Waals surface area (Å²) in [6.07, 6.45) is 11.8. The average molecular weight is 400 g/mol. The van der Waals surface area contributed by atoms with E-state index in [0.29, 0.717) is 23.3 Å². The summed E-state index contributed by atoms with van der Waals surface area (Å²) < 4.78 is 0. The average Bonchev–Trinajstić information content (AvgIpc) is 3.11. The molecule has 3 fully saturated rings. The van der Waals surface area contributed by atoms with Gasteiger partial charge in [0.25, 0.3) is 0 Å². The summed E-state index contributed by atoms with van der Waals surface area (Å²) in [5.41, 5.74) is 2.12. The fraction of sp³-hybridized carbons (Fsp3) is 0.536. The molecule has 2 aromatic rings. The number of hydrogen-bond donors (Lipinski definition) is 1. The Labute approximate surface area is 180 Å². The minimum Gasteiger partial charge on any atom is -0.349 e. The molecule has 2 aromatic carbocycles. The number of hydrogen-bond acceptors (Lipinski definition) is 1. The van der Waals surface area contributed by atoms with Crippen LogP contribution in [0.5, 0.6) is 0 Å². The fourth-order valence-corrected chi connectivity index (χ4v) is 8.40. The van der Waals surface area contributed by atoms with E-state index in [9.17, 15) is 4.79 Å². The first-order valence-electron chi connectivity index (χ1n) is 12.0. The van der Waals surface area contributed by atoms with Crippen LogP contribution in [0, 0.1) is 28.6 Å². The second-order valence-electron chi connectivity index (χ2n) is 11.0. The van der Waals surface area contributed by atoms with Crippen LogP contribution in [-0.2, 0) is 4.79 Å². The molecule has 30 heavy (non-hydrogen) atoms. The molecule has 6 rings (SSSR count). The van der Waals surface area contributed by atoms with Crippen molar-refractivity contribution in [3.63, 3.8) is 0 Å². The van der Waals surface area contributed by atoms with Crippen LogP contribution in [0.2, 0.25) is 0 Å². The standard InChI is InChI=1S/C28H33NO/c1-27-16-14-24-21(10-13-25-28(24,2)17-15-26(30)29-25)23(27)12-11-22(27)20-9-5-7-18-6-3-4-8-19(18)20/h3-9,15,17,21-25H,10-14,16H2,1-2H3,(H,29,30)/t21-,22+,23-,24-,25+,27+,28+/m0/s1. The van der Waals surface area contributed by atoms with Gasteiger partial charge >= 0.3 is 0 Å². The van der Waals surface area contributed by atoms with Crippen LogP contribution >= 0.6 is 0 Å². The van der Waals surface area contributed by atoms with Gasteiger partial charge in [0.1, 0.15) is 0 Å².